The molecule has 0 aliphatic rings. The minimum atomic E-state index is 0.643. The van der Waals surface area contributed by atoms with Crippen molar-refractivity contribution in [2.75, 3.05) is 21.3 Å². The van der Waals surface area contributed by atoms with Gasteiger partial charge >= 0.3 is 0 Å². The van der Waals surface area contributed by atoms with E-state index in [4.69, 9.17) is 23.6 Å². The van der Waals surface area contributed by atoms with Gasteiger partial charge in [-0.25, -0.2) is 4.99 Å². The zero-order valence-electron chi connectivity index (χ0n) is 18.4. The molecule has 3 aromatic carbocycles. The van der Waals surface area contributed by atoms with Crippen LogP contribution < -0.4 is 19.6 Å². The zero-order chi connectivity index (χ0) is 22.0. The van der Waals surface area contributed by atoms with Gasteiger partial charge in [0.05, 0.1) is 32.4 Å². The predicted molar refractivity (Wildman–Crippen MR) is 122 cm³/mol. The van der Waals surface area contributed by atoms with E-state index in [1.54, 1.807) is 21.3 Å². The highest BCUT2D eigenvalue weighted by molar-refractivity contribution is 5.83. The van der Waals surface area contributed by atoms with Crippen LogP contribution in [0.1, 0.15) is 11.1 Å². The van der Waals surface area contributed by atoms with E-state index < -0.39 is 0 Å². The molecule has 0 atom stereocenters. The summed E-state index contributed by atoms with van der Waals surface area (Å²) >= 11 is 0. The lowest BCUT2D eigenvalue weighted by atomic mass is 10.0. The van der Waals surface area contributed by atoms with Gasteiger partial charge in [-0.1, -0.05) is 6.07 Å². The third-order valence-electron chi connectivity index (χ3n) is 5.18. The quantitative estimate of drug-likeness (QED) is 0.403. The Balaban J connectivity index is 1.97. The number of methoxy groups -OCH3 is 3. The Bertz CT molecular complexity index is 1300. The molecule has 0 unspecified atom stereocenters. The second-order valence-corrected chi connectivity index (χ2v) is 7.33. The molecule has 0 N–H and O–H groups in total. The summed E-state index contributed by atoms with van der Waals surface area (Å²) in [5, 5.41) is 1.83. The number of nitrogens with zero attached hydrogens (tertiary/aromatic N) is 1. The Morgan fingerprint density at radius 3 is 2.16 bits per heavy atom. The van der Waals surface area contributed by atoms with Crippen LogP contribution in [0.15, 0.2) is 70.1 Å². The lowest BCUT2D eigenvalue weighted by Crippen LogP contribution is -2.05. The maximum atomic E-state index is 6.32. The van der Waals surface area contributed by atoms with Crippen molar-refractivity contribution in [3.05, 3.63) is 77.1 Å². The summed E-state index contributed by atoms with van der Waals surface area (Å²) < 4.78 is 22.4. The maximum absolute atomic E-state index is 6.32. The summed E-state index contributed by atoms with van der Waals surface area (Å²) in [6, 6.07) is 19.6. The van der Waals surface area contributed by atoms with Gasteiger partial charge in [-0.05, 0) is 73.5 Å². The normalized spacial score (nSPS) is 11.6. The van der Waals surface area contributed by atoms with Crippen molar-refractivity contribution < 1.29 is 18.6 Å². The van der Waals surface area contributed by atoms with Crippen LogP contribution in [-0.2, 0) is 0 Å². The van der Waals surface area contributed by atoms with Crippen molar-refractivity contribution in [1.82, 2.24) is 0 Å². The zero-order valence-corrected chi connectivity index (χ0v) is 18.4. The van der Waals surface area contributed by atoms with Crippen molar-refractivity contribution in [3.8, 4) is 28.6 Å². The molecule has 0 saturated carbocycles. The molecule has 0 radical (unpaired) electrons. The van der Waals surface area contributed by atoms with Gasteiger partial charge in [0.25, 0.3) is 0 Å². The minimum absolute atomic E-state index is 0.643. The molecule has 5 nitrogen and oxygen atoms in total. The highest BCUT2D eigenvalue weighted by Gasteiger charge is 2.12. The van der Waals surface area contributed by atoms with Crippen LogP contribution in [-0.4, -0.2) is 21.3 Å². The molecule has 31 heavy (non-hydrogen) atoms. The largest absolute Gasteiger partial charge is 0.497 e. The fraction of sp³-hybridized carbons (Fsp3) is 0.192. The molecular weight excluding hydrogens is 390 g/mol. The van der Waals surface area contributed by atoms with Gasteiger partial charge in [0.15, 0.2) is 11.5 Å². The van der Waals surface area contributed by atoms with Crippen molar-refractivity contribution in [3.63, 3.8) is 0 Å². The van der Waals surface area contributed by atoms with Gasteiger partial charge in [-0.15, -0.1) is 0 Å². The van der Waals surface area contributed by atoms with E-state index in [0.29, 0.717) is 17.3 Å². The van der Waals surface area contributed by atoms with E-state index in [9.17, 15) is 0 Å². The third-order valence-corrected chi connectivity index (χ3v) is 5.18. The van der Waals surface area contributed by atoms with Crippen LogP contribution in [0.4, 0.5) is 5.69 Å². The SMILES string of the molecule is COc1ccc(N=c2cc(-c3ccc(OC)c(OC)c3)oc3cc(C)cc(C)c23)cc1. The van der Waals surface area contributed by atoms with Crippen molar-refractivity contribution >= 4 is 16.7 Å². The van der Waals surface area contributed by atoms with E-state index in [1.165, 1.54) is 0 Å². The van der Waals surface area contributed by atoms with E-state index >= 15 is 0 Å². The molecular formula is C26H25NO4. The first kappa shape index (κ1) is 20.5. The van der Waals surface area contributed by atoms with Crippen molar-refractivity contribution in [1.29, 1.82) is 0 Å². The summed E-state index contributed by atoms with van der Waals surface area (Å²) in [7, 11) is 4.89. The number of benzene rings is 3. The molecule has 0 aliphatic heterocycles. The smallest absolute Gasteiger partial charge is 0.161 e. The van der Waals surface area contributed by atoms with Gasteiger partial charge in [-0.2, -0.15) is 0 Å². The van der Waals surface area contributed by atoms with Crippen molar-refractivity contribution in [2.24, 2.45) is 4.99 Å². The van der Waals surface area contributed by atoms with E-state index in [1.807, 2.05) is 54.6 Å². The van der Waals surface area contributed by atoms with Gasteiger partial charge < -0.3 is 18.6 Å². The lowest BCUT2D eigenvalue weighted by molar-refractivity contribution is 0.355. The lowest BCUT2D eigenvalue weighted by Gasteiger charge is -2.11. The predicted octanol–water partition coefficient (Wildman–Crippen LogP) is 5.97. The molecule has 1 aromatic heterocycles. The highest BCUT2D eigenvalue weighted by Crippen LogP contribution is 2.33. The minimum Gasteiger partial charge on any atom is -0.497 e. The Labute approximate surface area is 181 Å². The number of ether oxygens (including phenoxy) is 3. The molecule has 0 fully saturated rings. The van der Waals surface area contributed by atoms with Crippen LogP contribution in [0.5, 0.6) is 17.2 Å². The van der Waals surface area contributed by atoms with Crippen LogP contribution in [0.25, 0.3) is 22.3 Å². The molecule has 5 heteroatoms. The Kier molecular flexibility index (Phi) is 5.67. The van der Waals surface area contributed by atoms with E-state index in [2.05, 4.69) is 19.9 Å². The van der Waals surface area contributed by atoms with Crippen LogP contribution in [0.2, 0.25) is 0 Å². The van der Waals surface area contributed by atoms with Gasteiger partial charge in [0.2, 0.25) is 0 Å². The first-order valence-electron chi connectivity index (χ1n) is 9.98. The summed E-state index contributed by atoms with van der Waals surface area (Å²) in [4.78, 5) is 4.93. The fourth-order valence-electron chi connectivity index (χ4n) is 3.70. The number of aryl methyl sites for hydroxylation is 2. The highest BCUT2D eigenvalue weighted by atomic mass is 16.5. The van der Waals surface area contributed by atoms with Gasteiger partial charge in [-0.3, -0.25) is 0 Å². The fourth-order valence-corrected chi connectivity index (χ4v) is 3.70. The Morgan fingerprint density at radius 2 is 1.48 bits per heavy atom. The molecule has 0 amide bonds. The number of hydrogen-bond donors (Lipinski definition) is 0. The summed E-state index contributed by atoms with van der Waals surface area (Å²) in [6.07, 6.45) is 0. The molecule has 4 aromatic rings. The maximum Gasteiger partial charge on any atom is 0.161 e. The number of hydrogen-bond acceptors (Lipinski definition) is 5. The van der Waals surface area contributed by atoms with Crippen LogP contribution >= 0.6 is 0 Å². The Morgan fingerprint density at radius 1 is 0.742 bits per heavy atom. The van der Waals surface area contributed by atoms with E-state index in [-0.39, 0.29) is 0 Å². The molecule has 0 aliphatic carbocycles. The van der Waals surface area contributed by atoms with Crippen LogP contribution in [0.3, 0.4) is 0 Å². The standard InChI is InChI=1S/C26H25NO4/c1-16-12-17(2)26-21(27-19-7-9-20(28-3)10-8-19)15-23(31-25(26)13-16)18-6-11-22(29-4)24(14-18)30-5/h6-15H,1-5H3. The molecule has 0 saturated heterocycles. The Hall–Kier alpha value is -3.73. The second-order valence-electron chi connectivity index (χ2n) is 7.33. The van der Waals surface area contributed by atoms with Crippen molar-refractivity contribution in [2.45, 2.75) is 13.8 Å². The molecule has 0 spiro atoms. The third kappa shape index (κ3) is 4.12. The number of fused-ring (bicyclic) bond motifs is 1. The summed E-state index contributed by atoms with van der Waals surface area (Å²) in [5.74, 6) is 2.81. The first-order chi connectivity index (χ1) is 15.0. The topological polar surface area (TPSA) is 53.2 Å². The van der Waals surface area contributed by atoms with E-state index in [0.717, 1.165) is 44.5 Å². The molecule has 158 valence electrons. The number of rotatable bonds is 5. The second kappa shape index (κ2) is 8.56. The average Bonchev–Trinajstić information content (AvgIpc) is 2.78. The average molecular weight is 415 g/mol. The molecule has 4 rings (SSSR count). The van der Waals surface area contributed by atoms with Gasteiger partial charge in [0.1, 0.15) is 17.1 Å². The molecule has 0 bridgehead atoms. The summed E-state index contributed by atoms with van der Waals surface area (Å²) in [6.45, 7) is 4.14. The van der Waals surface area contributed by atoms with Crippen LogP contribution in [0, 0.1) is 13.8 Å². The summed E-state index contributed by atoms with van der Waals surface area (Å²) in [5.41, 5.74) is 4.76. The first-order valence-corrected chi connectivity index (χ1v) is 9.98. The molecule has 1 heterocycles. The van der Waals surface area contributed by atoms with Gasteiger partial charge in [0, 0.05) is 17.0 Å². The monoisotopic (exact) mass is 415 g/mol.